The molecule has 0 spiro atoms. The topological polar surface area (TPSA) is 64.3 Å². The minimum atomic E-state index is -0.0651. The summed E-state index contributed by atoms with van der Waals surface area (Å²) in [4.78, 5) is 14.3. The molecule has 1 aromatic carbocycles. The molecular weight excluding hydrogens is 344 g/mol. The van der Waals surface area contributed by atoms with Crippen molar-refractivity contribution in [2.75, 3.05) is 13.2 Å². The zero-order valence-electron chi connectivity index (χ0n) is 15.4. The molecule has 1 amide bonds. The van der Waals surface area contributed by atoms with Crippen LogP contribution in [-0.4, -0.2) is 19.1 Å². The monoisotopic (exact) mass is 372 g/mol. The standard InChI is InChI=1S/C21H28N2O2S/c1-15-9-10-18(25-12-11-22)17(14-15)21(24)23-20(19-8-5-13-26-19)16-6-3-2-4-7-16/h5,8-10,13-14,16,20H,2-4,6-7,11-12,22H2,1H3,(H,23,24). The molecule has 2 aromatic rings. The summed E-state index contributed by atoms with van der Waals surface area (Å²) in [6, 6.07) is 9.98. The molecule has 1 aromatic heterocycles. The van der Waals surface area contributed by atoms with E-state index >= 15 is 0 Å². The van der Waals surface area contributed by atoms with Crippen LogP contribution in [0, 0.1) is 12.8 Å². The number of nitrogens with two attached hydrogens (primary N) is 1. The minimum Gasteiger partial charge on any atom is -0.491 e. The Morgan fingerprint density at radius 1 is 1.31 bits per heavy atom. The lowest BCUT2D eigenvalue weighted by molar-refractivity contribution is 0.0909. The van der Waals surface area contributed by atoms with Gasteiger partial charge in [0.15, 0.2) is 0 Å². The molecular formula is C21H28N2O2S. The average Bonchev–Trinajstić information content (AvgIpc) is 3.20. The van der Waals surface area contributed by atoms with E-state index in [1.54, 1.807) is 11.3 Å². The van der Waals surface area contributed by atoms with Crippen molar-refractivity contribution in [3.63, 3.8) is 0 Å². The minimum absolute atomic E-state index is 0.0651. The highest BCUT2D eigenvalue weighted by molar-refractivity contribution is 7.10. The molecule has 1 atom stereocenters. The van der Waals surface area contributed by atoms with Crippen LogP contribution >= 0.6 is 11.3 Å². The first-order valence-electron chi connectivity index (χ1n) is 9.47. The summed E-state index contributed by atoms with van der Waals surface area (Å²) in [5.41, 5.74) is 7.19. The molecule has 3 N–H and O–H groups in total. The number of amides is 1. The third-order valence-electron chi connectivity index (χ3n) is 5.01. The van der Waals surface area contributed by atoms with E-state index in [1.807, 2.05) is 25.1 Å². The molecule has 1 saturated carbocycles. The lowest BCUT2D eigenvalue weighted by Gasteiger charge is -2.30. The number of nitrogens with one attached hydrogen (secondary N) is 1. The third kappa shape index (κ3) is 4.65. The Hall–Kier alpha value is -1.85. The van der Waals surface area contributed by atoms with Crippen molar-refractivity contribution in [1.82, 2.24) is 5.32 Å². The maximum absolute atomic E-state index is 13.1. The second-order valence-corrected chi connectivity index (χ2v) is 7.98. The predicted molar refractivity (Wildman–Crippen MR) is 107 cm³/mol. The molecule has 0 saturated heterocycles. The average molecular weight is 373 g/mol. The first-order chi connectivity index (χ1) is 12.7. The van der Waals surface area contributed by atoms with Crippen molar-refractivity contribution in [3.05, 3.63) is 51.7 Å². The number of thiophene rings is 1. The largest absolute Gasteiger partial charge is 0.491 e. The number of hydrogen-bond donors (Lipinski definition) is 2. The van der Waals surface area contributed by atoms with Crippen LogP contribution in [0.25, 0.3) is 0 Å². The van der Waals surface area contributed by atoms with Gasteiger partial charge in [0.25, 0.3) is 5.91 Å². The maximum Gasteiger partial charge on any atom is 0.255 e. The van der Waals surface area contributed by atoms with E-state index in [1.165, 1.54) is 37.0 Å². The molecule has 140 valence electrons. The van der Waals surface area contributed by atoms with Crippen LogP contribution in [0.1, 0.15) is 58.9 Å². The van der Waals surface area contributed by atoms with Crippen molar-refractivity contribution in [3.8, 4) is 5.75 Å². The van der Waals surface area contributed by atoms with Gasteiger partial charge in [-0.15, -0.1) is 11.3 Å². The summed E-state index contributed by atoms with van der Waals surface area (Å²) >= 11 is 1.72. The van der Waals surface area contributed by atoms with Crippen LogP contribution in [-0.2, 0) is 0 Å². The third-order valence-corrected chi connectivity index (χ3v) is 5.97. The van der Waals surface area contributed by atoms with Crippen LogP contribution in [0.15, 0.2) is 35.7 Å². The molecule has 0 bridgehead atoms. The number of aryl methyl sites for hydroxylation is 1. The van der Waals surface area contributed by atoms with Crippen molar-refractivity contribution in [1.29, 1.82) is 0 Å². The van der Waals surface area contributed by atoms with Gasteiger partial charge in [0, 0.05) is 11.4 Å². The first kappa shape index (κ1) is 18.9. The molecule has 1 heterocycles. The van der Waals surface area contributed by atoms with Gasteiger partial charge in [0.2, 0.25) is 0 Å². The number of ether oxygens (including phenoxy) is 1. The Kier molecular flexibility index (Phi) is 6.69. The highest BCUT2D eigenvalue weighted by atomic mass is 32.1. The van der Waals surface area contributed by atoms with Crippen LogP contribution in [0.3, 0.4) is 0 Å². The zero-order chi connectivity index (χ0) is 18.4. The van der Waals surface area contributed by atoms with E-state index in [9.17, 15) is 4.79 Å². The predicted octanol–water partition coefficient (Wildman–Crippen LogP) is 4.45. The number of carbonyl (C=O) groups excluding carboxylic acids is 1. The van der Waals surface area contributed by atoms with Crippen LogP contribution in [0.2, 0.25) is 0 Å². The van der Waals surface area contributed by atoms with Crippen LogP contribution in [0.5, 0.6) is 5.75 Å². The second kappa shape index (κ2) is 9.19. The zero-order valence-corrected chi connectivity index (χ0v) is 16.2. The second-order valence-electron chi connectivity index (χ2n) is 7.00. The summed E-state index contributed by atoms with van der Waals surface area (Å²) in [5.74, 6) is 1.04. The first-order valence-corrected chi connectivity index (χ1v) is 10.3. The smallest absolute Gasteiger partial charge is 0.255 e. The Morgan fingerprint density at radius 3 is 2.81 bits per heavy atom. The highest BCUT2D eigenvalue weighted by Gasteiger charge is 2.28. The van der Waals surface area contributed by atoms with Gasteiger partial charge in [-0.3, -0.25) is 4.79 Å². The summed E-state index contributed by atoms with van der Waals surface area (Å²) < 4.78 is 5.70. The van der Waals surface area contributed by atoms with Gasteiger partial charge in [-0.25, -0.2) is 0 Å². The molecule has 1 fully saturated rings. The van der Waals surface area contributed by atoms with E-state index in [2.05, 4.69) is 22.8 Å². The van der Waals surface area contributed by atoms with Crippen LogP contribution < -0.4 is 15.8 Å². The fourth-order valence-electron chi connectivity index (χ4n) is 3.69. The number of hydrogen-bond acceptors (Lipinski definition) is 4. The van der Waals surface area contributed by atoms with E-state index < -0.39 is 0 Å². The molecule has 1 unspecified atom stereocenters. The molecule has 3 rings (SSSR count). The Bertz CT molecular complexity index is 709. The molecule has 0 radical (unpaired) electrons. The number of rotatable bonds is 7. The van der Waals surface area contributed by atoms with Gasteiger partial charge in [-0.1, -0.05) is 37.0 Å². The lowest BCUT2D eigenvalue weighted by Crippen LogP contribution is -2.34. The molecule has 1 aliphatic rings. The maximum atomic E-state index is 13.1. The van der Waals surface area contributed by atoms with Gasteiger partial charge in [-0.05, 0) is 49.3 Å². The van der Waals surface area contributed by atoms with E-state index in [0.29, 0.717) is 30.4 Å². The molecule has 0 aliphatic heterocycles. The van der Waals surface area contributed by atoms with Gasteiger partial charge in [0.1, 0.15) is 12.4 Å². The summed E-state index contributed by atoms with van der Waals surface area (Å²) in [5, 5.41) is 5.39. The molecule has 1 aliphatic carbocycles. The SMILES string of the molecule is Cc1ccc(OCCN)c(C(=O)NC(c2cccs2)C2CCCCC2)c1. The van der Waals surface area contributed by atoms with Crippen molar-refractivity contribution in [2.24, 2.45) is 11.7 Å². The Balaban J connectivity index is 1.82. The van der Waals surface area contributed by atoms with Gasteiger partial charge >= 0.3 is 0 Å². The Labute approximate surface area is 159 Å². The van der Waals surface area contributed by atoms with Gasteiger partial charge in [-0.2, -0.15) is 0 Å². The molecule has 4 nitrogen and oxygen atoms in total. The normalized spacial score (nSPS) is 16.2. The summed E-state index contributed by atoms with van der Waals surface area (Å²) in [6.07, 6.45) is 6.15. The van der Waals surface area contributed by atoms with E-state index in [-0.39, 0.29) is 11.9 Å². The molecule has 5 heteroatoms. The van der Waals surface area contributed by atoms with Crippen molar-refractivity contribution >= 4 is 17.2 Å². The highest BCUT2D eigenvalue weighted by Crippen LogP contribution is 2.36. The summed E-state index contributed by atoms with van der Waals surface area (Å²) in [7, 11) is 0. The Morgan fingerprint density at radius 2 is 2.12 bits per heavy atom. The van der Waals surface area contributed by atoms with Crippen LogP contribution in [0.4, 0.5) is 0 Å². The number of benzene rings is 1. The van der Waals surface area contributed by atoms with E-state index in [0.717, 1.165) is 5.56 Å². The summed E-state index contributed by atoms with van der Waals surface area (Å²) in [6.45, 7) is 2.82. The quantitative estimate of drug-likeness (QED) is 0.755. The van der Waals surface area contributed by atoms with Gasteiger partial charge in [0.05, 0.1) is 11.6 Å². The number of carbonyl (C=O) groups is 1. The van der Waals surface area contributed by atoms with Crippen molar-refractivity contribution < 1.29 is 9.53 Å². The van der Waals surface area contributed by atoms with Gasteiger partial charge < -0.3 is 15.8 Å². The lowest BCUT2D eigenvalue weighted by atomic mass is 9.83. The molecule has 26 heavy (non-hydrogen) atoms. The van der Waals surface area contributed by atoms with Crippen molar-refractivity contribution in [2.45, 2.75) is 45.1 Å². The fourth-order valence-corrected chi connectivity index (χ4v) is 4.56. The fraction of sp³-hybridized carbons (Fsp3) is 0.476. The van der Waals surface area contributed by atoms with E-state index in [4.69, 9.17) is 10.5 Å².